The van der Waals surface area contributed by atoms with Gasteiger partial charge in [-0.2, -0.15) is 0 Å². The molecule has 0 saturated carbocycles. The normalized spacial score (nSPS) is 11.5. The number of hydrogen-bond acceptors (Lipinski definition) is 3. The average molecular weight is 216 g/mol. The molecular formula is C10H14F2N2O. The van der Waals surface area contributed by atoms with Crippen molar-refractivity contribution in [2.75, 3.05) is 13.7 Å². The van der Waals surface area contributed by atoms with E-state index >= 15 is 0 Å². The van der Waals surface area contributed by atoms with Crippen LogP contribution in [0.15, 0.2) is 12.1 Å². The summed E-state index contributed by atoms with van der Waals surface area (Å²) in [6.07, 6.45) is -0.375. The zero-order chi connectivity index (χ0) is 11.5. The first kappa shape index (κ1) is 11.8. The van der Waals surface area contributed by atoms with Crippen molar-refractivity contribution < 1.29 is 13.5 Å². The molecule has 0 aliphatic rings. The molecule has 1 heterocycles. The van der Waals surface area contributed by atoms with E-state index in [0.29, 0.717) is 5.69 Å². The van der Waals surface area contributed by atoms with Crippen molar-refractivity contribution in [3.63, 3.8) is 0 Å². The van der Waals surface area contributed by atoms with Crippen LogP contribution in [0.5, 0.6) is 5.88 Å². The quantitative estimate of drug-likeness (QED) is 0.835. The Balaban J connectivity index is 3.07. The van der Waals surface area contributed by atoms with Gasteiger partial charge in [0.15, 0.2) is 0 Å². The predicted octanol–water partition coefficient (Wildman–Crippen LogP) is 1.84. The molecular weight excluding hydrogens is 202 g/mol. The molecule has 0 aliphatic heterocycles. The van der Waals surface area contributed by atoms with Crippen molar-refractivity contribution >= 4 is 0 Å². The van der Waals surface area contributed by atoms with Crippen LogP contribution in [0, 0.1) is 6.92 Å². The molecule has 0 unspecified atom stereocenters. The Bertz CT molecular complexity index is 342. The molecule has 1 aromatic heterocycles. The zero-order valence-corrected chi connectivity index (χ0v) is 8.76. The molecule has 0 aliphatic carbocycles. The molecule has 0 amide bonds. The summed E-state index contributed by atoms with van der Waals surface area (Å²) < 4.78 is 31.8. The fraction of sp³-hybridized carbons (Fsp3) is 0.500. The fourth-order valence-electron chi connectivity index (χ4n) is 1.28. The van der Waals surface area contributed by atoms with E-state index in [4.69, 9.17) is 10.5 Å². The van der Waals surface area contributed by atoms with Crippen molar-refractivity contribution in [2.24, 2.45) is 5.73 Å². The average Bonchev–Trinajstić information content (AvgIpc) is 2.16. The van der Waals surface area contributed by atoms with Crippen LogP contribution in [0.2, 0.25) is 0 Å². The highest BCUT2D eigenvalue weighted by Crippen LogP contribution is 2.32. The molecule has 0 fully saturated rings. The van der Waals surface area contributed by atoms with Crippen LogP contribution in [-0.4, -0.2) is 18.6 Å². The molecule has 0 saturated heterocycles. The number of hydrogen-bond donors (Lipinski definition) is 1. The van der Waals surface area contributed by atoms with Gasteiger partial charge in [-0.25, -0.2) is 13.8 Å². The highest BCUT2D eigenvalue weighted by molar-refractivity contribution is 5.28. The molecule has 5 heteroatoms. The minimum absolute atomic E-state index is 0.0588. The topological polar surface area (TPSA) is 48.1 Å². The van der Waals surface area contributed by atoms with Crippen LogP contribution in [0.25, 0.3) is 0 Å². The largest absolute Gasteiger partial charge is 0.481 e. The summed E-state index contributed by atoms with van der Waals surface area (Å²) in [6.45, 7) is 1.58. The van der Waals surface area contributed by atoms with Crippen molar-refractivity contribution in [1.82, 2.24) is 4.98 Å². The summed E-state index contributed by atoms with van der Waals surface area (Å²) in [5.41, 5.74) is 5.53. The summed E-state index contributed by atoms with van der Waals surface area (Å²) in [7, 11) is 1.40. The maximum absolute atomic E-state index is 13.5. The van der Waals surface area contributed by atoms with Gasteiger partial charge in [-0.15, -0.1) is 0 Å². The minimum Gasteiger partial charge on any atom is -0.481 e. The lowest BCUT2D eigenvalue weighted by Crippen LogP contribution is -2.19. The Labute approximate surface area is 87.3 Å². The van der Waals surface area contributed by atoms with E-state index in [1.807, 2.05) is 0 Å². The Morgan fingerprint density at radius 2 is 2.13 bits per heavy atom. The third-order valence-corrected chi connectivity index (χ3v) is 2.02. The van der Waals surface area contributed by atoms with Gasteiger partial charge in [0.05, 0.1) is 7.11 Å². The third-order valence-electron chi connectivity index (χ3n) is 2.02. The lowest BCUT2D eigenvalue weighted by atomic mass is 10.1. The smallest absolute Gasteiger partial charge is 0.274 e. The molecule has 1 rings (SSSR count). The van der Waals surface area contributed by atoms with Gasteiger partial charge in [-0.05, 0) is 19.5 Å². The molecule has 0 spiro atoms. The molecule has 3 nitrogen and oxygen atoms in total. The van der Waals surface area contributed by atoms with Crippen LogP contribution in [0.4, 0.5) is 8.78 Å². The van der Waals surface area contributed by atoms with Crippen LogP contribution in [0.1, 0.15) is 17.7 Å². The highest BCUT2D eigenvalue weighted by Gasteiger charge is 2.31. The van der Waals surface area contributed by atoms with Crippen LogP contribution >= 0.6 is 0 Å². The number of nitrogens with zero attached hydrogens (tertiary/aromatic N) is 1. The second kappa shape index (κ2) is 4.53. The highest BCUT2D eigenvalue weighted by atomic mass is 19.3. The second-order valence-electron chi connectivity index (χ2n) is 3.28. The van der Waals surface area contributed by atoms with Crippen molar-refractivity contribution in [3.05, 3.63) is 23.4 Å². The fourth-order valence-corrected chi connectivity index (χ4v) is 1.28. The summed E-state index contributed by atoms with van der Waals surface area (Å²) in [4.78, 5) is 3.94. The van der Waals surface area contributed by atoms with E-state index in [-0.39, 0.29) is 24.4 Å². The number of methoxy groups -OCH3 is 1. The molecule has 0 aromatic carbocycles. The number of nitrogens with two attached hydrogens (primary N) is 1. The molecule has 0 atom stereocenters. The number of aryl methyl sites for hydroxylation is 1. The zero-order valence-electron chi connectivity index (χ0n) is 8.76. The summed E-state index contributed by atoms with van der Waals surface area (Å²) in [5.74, 6) is -2.72. The van der Waals surface area contributed by atoms with Crippen LogP contribution in [-0.2, 0) is 5.92 Å². The predicted molar refractivity (Wildman–Crippen MR) is 53.1 cm³/mol. The standard InChI is InChI=1S/C10H14F2N2O/c1-7-5-8(6-9(14-7)15-2)10(11,12)3-4-13/h5-6H,3-4,13H2,1-2H3. The summed E-state index contributed by atoms with van der Waals surface area (Å²) in [6, 6.07) is 2.58. The number of alkyl halides is 2. The monoisotopic (exact) mass is 216 g/mol. The number of rotatable bonds is 4. The Kier molecular flexibility index (Phi) is 3.57. The maximum atomic E-state index is 13.5. The van der Waals surface area contributed by atoms with Crippen molar-refractivity contribution in [2.45, 2.75) is 19.3 Å². The second-order valence-corrected chi connectivity index (χ2v) is 3.28. The molecule has 1 aromatic rings. The maximum Gasteiger partial charge on any atom is 0.274 e. The van der Waals surface area contributed by atoms with Gasteiger partial charge in [-0.3, -0.25) is 0 Å². The lowest BCUT2D eigenvalue weighted by molar-refractivity contribution is -0.0110. The first-order chi connectivity index (χ1) is 6.99. The SMILES string of the molecule is COc1cc(C(F)(F)CCN)cc(C)n1. The number of aromatic nitrogens is 1. The molecule has 0 radical (unpaired) electrons. The van der Waals surface area contributed by atoms with E-state index in [0.717, 1.165) is 0 Å². The van der Waals surface area contributed by atoms with E-state index in [2.05, 4.69) is 4.98 Å². The van der Waals surface area contributed by atoms with Crippen molar-refractivity contribution in [1.29, 1.82) is 0 Å². The summed E-state index contributed by atoms with van der Waals surface area (Å²) >= 11 is 0. The molecule has 0 bridgehead atoms. The van der Waals surface area contributed by atoms with E-state index in [9.17, 15) is 8.78 Å². The molecule has 84 valence electrons. The van der Waals surface area contributed by atoms with Crippen LogP contribution < -0.4 is 10.5 Å². The third kappa shape index (κ3) is 2.86. The minimum atomic E-state index is -2.92. The number of halogens is 2. The van der Waals surface area contributed by atoms with Gasteiger partial charge in [0, 0.05) is 23.7 Å². The van der Waals surface area contributed by atoms with Crippen molar-refractivity contribution in [3.8, 4) is 5.88 Å². The van der Waals surface area contributed by atoms with Gasteiger partial charge >= 0.3 is 0 Å². The van der Waals surface area contributed by atoms with E-state index < -0.39 is 5.92 Å². The Hall–Kier alpha value is -1.23. The Morgan fingerprint density at radius 3 is 2.67 bits per heavy atom. The van der Waals surface area contributed by atoms with Gasteiger partial charge in [-0.1, -0.05) is 0 Å². The molecule has 15 heavy (non-hydrogen) atoms. The number of ether oxygens (including phenoxy) is 1. The van der Waals surface area contributed by atoms with E-state index in [1.165, 1.54) is 19.2 Å². The summed E-state index contributed by atoms with van der Waals surface area (Å²) in [5, 5.41) is 0. The van der Waals surface area contributed by atoms with Crippen LogP contribution in [0.3, 0.4) is 0 Å². The van der Waals surface area contributed by atoms with Gasteiger partial charge in [0.1, 0.15) is 0 Å². The Morgan fingerprint density at radius 1 is 1.47 bits per heavy atom. The first-order valence-corrected chi connectivity index (χ1v) is 4.60. The van der Waals surface area contributed by atoms with Gasteiger partial charge in [0.25, 0.3) is 5.92 Å². The lowest BCUT2D eigenvalue weighted by Gasteiger charge is -2.16. The van der Waals surface area contributed by atoms with E-state index in [1.54, 1.807) is 6.92 Å². The molecule has 2 N–H and O–H groups in total. The van der Waals surface area contributed by atoms with Gasteiger partial charge in [0.2, 0.25) is 5.88 Å². The van der Waals surface area contributed by atoms with Gasteiger partial charge < -0.3 is 10.5 Å². The number of pyridine rings is 1. The first-order valence-electron chi connectivity index (χ1n) is 4.60.